The zero-order valence-corrected chi connectivity index (χ0v) is 16.1. The number of benzene rings is 2. The first-order valence-corrected chi connectivity index (χ1v) is 9.42. The van der Waals surface area contributed by atoms with Crippen molar-refractivity contribution in [1.29, 1.82) is 0 Å². The van der Waals surface area contributed by atoms with Crippen molar-refractivity contribution in [1.82, 2.24) is 20.2 Å². The molecule has 0 saturated carbocycles. The fourth-order valence-corrected chi connectivity index (χ4v) is 3.15. The topological polar surface area (TPSA) is 95.1 Å². The second-order valence-electron chi connectivity index (χ2n) is 5.60. The maximum absolute atomic E-state index is 12.1. The van der Waals surface area contributed by atoms with E-state index in [1.807, 2.05) is 36.4 Å². The molecule has 0 spiro atoms. The van der Waals surface area contributed by atoms with E-state index < -0.39 is 0 Å². The highest BCUT2D eigenvalue weighted by Gasteiger charge is 2.13. The van der Waals surface area contributed by atoms with Gasteiger partial charge in [-0.05, 0) is 42.0 Å². The summed E-state index contributed by atoms with van der Waals surface area (Å²) in [6, 6.07) is 14.7. The van der Waals surface area contributed by atoms with E-state index in [9.17, 15) is 4.79 Å². The molecule has 0 atom stereocenters. The Bertz CT molecular complexity index is 930. The number of aromatic nitrogens is 3. The van der Waals surface area contributed by atoms with E-state index in [4.69, 9.17) is 22.2 Å². The average molecular weight is 404 g/mol. The maximum Gasteiger partial charge on any atom is 0.230 e. The SMILES string of the molecule is COc1cccc(CNC(=O)CSc2nnc(-c3ccc(Cl)cc3)n2N)c1. The molecule has 3 aromatic rings. The van der Waals surface area contributed by atoms with Crippen molar-refractivity contribution in [3.05, 3.63) is 59.1 Å². The van der Waals surface area contributed by atoms with Gasteiger partial charge in [0.25, 0.3) is 0 Å². The van der Waals surface area contributed by atoms with Gasteiger partial charge in [0.1, 0.15) is 5.75 Å². The first kappa shape index (κ1) is 19.1. The molecule has 0 bridgehead atoms. The van der Waals surface area contributed by atoms with E-state index in [1.54, 1.807) is 19.2 Å². The van der Waals surface area contributed by atoms with Crippen LogP contribution in [-0.4, -0.2) is 33.6 Å². The largest absolute Gasteiger partial charge is 0.497 e. The molecule has 0 aliphatic carbocycles. The van der Waals surface area contributed by atoms with Crippen molar-refractivity contribution in [3.63, 3.8) is 0 Å². The zero-order valence-electron chi connectivity index (χ0n) is 14.6. The van der Waals surface area contributed by atoms with Crippen molar-refractivity contribution >= 4 is 29.3 Å². The Kier molecular flexibility index (Phi) is 6.20. The molecule has 0 fully saturated rings. The normalized spacial score (nSPS) is 10.6. The third-order valence-electron chi connectivity index (χ3n) is 3.72. The van der Waals surface area contributed by atoms with E-state index in [2.05, 4.69) is 15.5 Å². The highest BCUT2D eigenvalue weighted by molar-refractivity contribution is 7.99. The van der Waals surface area contributed by atoms with Crippen LogP contribution >= 0.6 is 23.4 Å². The number of ether oxygens (including phenoxy) is 1. The molecule has 0 radical (unpaired) electrons. The number of amides is 1. The highest BCUT2D eigenvalue weighted by Crippen LogP contribution is 2.22. The molecule has 7 nitrogen and oxygen atoms in total. The molecule has 9 heteroatoms. The number of nitrogens with zero attached hydrogens (tertiary/aromatic N) is 3. The second-order valence-corrected chi connectivity index (χ2v) is 6.98. The number of rotatable bonds is 7. The molecule has 0 aliphatic heterocycles. The summed E-state index contributed by atoms with van der Waals surface area (Å²) in [6.45, 7) is 0.419. The number of halogens is 1. The number of nitrogens with two attached hydrogens (primary N) is 1. The Balaban J connectivity index is 1.55. The van der Waals surface area contributed by atoms with Crippen LogP contribution in [0.15, 0.2) is 53.7 Å². The Morgan fingerprint density at radius 1 is 1.26 bits per heavy atom. The molecule has 1 aromatic heterocycles. The van der Waals surface area contributed by atoms with Crippen LogP contribution in [0.5, 0.6) is 5.75 Å². The minimum atomic E-state index is -0.126. The fraction of sp³-hybridized carbons (Fsp3) is 0.167. The molecule has 0 saturated heterocycles. The van der Waals surface area contributed by atoms with Crippen LogP contribution in [0.25, 0.3) is 11.4 Å². The summed E-state index contributed by atoms with van der Waals surface area (Å²) in [6.07, 6.45) is 0. The van der Waals surface area contributed by atoms with Crippen molar-refractivity contribution in [3.8, 4) is 17.1 Å². The van der Waals surface area contributed by atoms with Gasteiger partial charge in [0, 0.05) is 17.1 Å². The van der Waals surface area contributed by atoms with Crippen LogP contribution in [0.4, 0.5) is 0 Å². The molecule has 3 N–H and O–H groups in total. The lowest BCUT2D eigenvalue weighted by Gasteiger charge is -2.07. The van der Waals surface area contributed by atoms with E-state index in [0.29, 0.717) is 22.5 Å². The summed E-state index contributed by atoms with van der Waals surface area (Å²) in [5, 5.41) is 12.1. The quantitative estimate of drug-likeness (QED) is 0.465. The third kappa shape index (κ3) is 4.93. The molecule has 0 unspecified atom stereocenters. The number of carbonyl (C=O) groups excluding carboxylic acids is 1. The lowest BCUT2D eigenvalue weighted by atomic mass is 10.2. The molecule has 27 heavy (non-hydrogen) atoms. The van der Waals surface area contributed by atoms with Gasteiger partial charge in [-0.1, -0.05) is 35.5 Å². The van der Waals surface area contributed by atoms with Crippen LogP contribution < -0.4 is 15.9 Å². The highest BCUT2D eigenvalue weighted by atomic mass is 35.5. The number of carbonyl (C=O) groups is 1. The lowest BCUT2D eigenvalue weighted by Crippen LogP contribution is -2.25. The molecule has 3 rings (SSSR count). The molecule has 140 valence electrons. The van der Waals surface area contributed by atoms with Gasteiger partial charge in [0.15, 0.2) is 5.82 Å². The van der Waals surface area contributed by atoms with Crippen LogP contribution in [0.2, 0.25) is 5.02 Å². The second kappa shape index (κ2) is 8.79. The van der Waals surface area contributed by atoms with Crippen molar-refractivity contribution in [2.75, 3.05) is 18.7 Å². The van der Waals surface area contributed by atoms with Gasteiger partial charge in [-0.25, -0.2) is 4.68 Å². The van der Waals surface area contributed by atoms with Crippen LogP contribution in [0.3, 0.4) is 0 Å². The Hall–Kier alpha value is -2.71. The van der Waals surface area contributed by atoms with E-state index in [-0.39, 0.29) is 11.7 Å². The van der Waals surface area contributed by atoms with Gasteiger partial charge in [-0.2, -0.15) is 0 Å². The summed E-state index contributed by atoms with van der Waals surface area (Å²) in [4.78, 5) is 12.1. The summed E-state index contributed by atoms with van der Waals surface area (Å²) in [7, 11) is 1.61. The molecule has 1 amide bonds. The number of thioether (sulfide) groups is 1. The zero-order chi connectivity index (χ0) is 19.2. The fourth-order valence-electron chi connectivity index (χ4n) is 2.34. The molecule has 0 aliphatic rings. The first-order valence-electron chi connectivity index (χ1n) is 8.05. The van der Waals surface area contributed by atoms with Gasteiger partial charge < -0.3 is 15.9 Å². The summed E-state index contributed by atoms with van der Waals surface area (Å²) >= 11 is 7.11. The third-order valence-corrected chi connectivity index (χ3v) is 4.92. The average Bonchev–Trinajstić information content (AvgIpc) is 3.06. The minimum absolute atomic E-state index is 0.126. The van der Waals surface area contributed by atoms with Gasteiger partial charge in [-0.3, -0.25) is 4.79 Å². The van der Waals surface area contributed by atoms with Gasteiger partial charge in [0.05, 0.1) is 12.9 Å². The van der Waals surface area contributed by atoms with E-state index in [1.165, 1.54) is 16.4 Å². The van der Waals surface area contributed by atoms with Crippen molar-refractivity contribution in [2.45, 2.75) is 11.7 Å². The van der Waals surface area contributed by atoms with Gasteiger partial charge >= 0.3 is 0 Å². The Morgan fingerprint density at radius 2 is 2.04 bits per heavy atom. The summed E-state index contributed by atoms with van der Waals surface area (Å²) in [5.41, 5.74) is 1.75. The predicted octanol–water partition coefficient (Wildman–Crippen LogP) is 2.73. The number of methoxy groups -OCH3 is 1. The van der Waals surface area contributed by atoms with Gasteiger partial charge in [-0.15, -0.1) is 10.2 Å². The van der Waals surface area contributed by atoms with Gasteiger partial charge in [0.2, 0.25) is 11.1 Å². The van der Waals surface area contributed by atoms with Crippen molar-refractivity contribution < 1.29 is 9.53 Å². The summed E-state index contributed by atoms with van der Waals surface area (Å²) < 4.78 is 6.53. The Morgan fingerprint density at radius 3 is 2.78 bits per heavy atom. The van der Waals surface area contributed by atoms with Crippen LogP contribution in [-0.2, 0) is 11.3 Å². The molecule has 1 heterocycles. The van der Waals surface area contributed by atoms with E-state index in [0.717, 1.165) is 16.9 Å². The number of hydrogen-bond donors (Lipinski definition) is 2. The van der Waals surface area contributed by atoms with Crippen molar-refractivity contribution in [2.24, 2.45) is 0 Å². The first-order chi connectivity index (χ1) is 13.1. The number of nitrogens with one attached hydrogen (secondary N) is 1. The lowest BCUT2D eigenvalue weighted by molar-refractivity contribution is -0.118. The number of hydrogen-bond acceptors (Lipinski definition) is 6. The number of nitrogen functional groups attached to an aromatic ring is 1. The molecular weight excluding hydrogens is 386 g/mol. The van der Waals surface area contributed by atoms with Crippen LogP contribution in [0.1, 0.15) is 5.56 Å². The molecule has 2 aromatic carbocycles. The Labute approximate surface area is 165 Å². The summed E-state index contributed by atoms with van der Waals surface area (Å²) in [5.74, 6) is 7.36. The minimum Gasteiger partial charge on any atom is -0.497 e. The predicted molar refractivity (Wildman–Crippen MR) is 106 cm³/mol. The van der Waals surface area contributed by atoms with E-state index >= 15 is 0 Å². The standard InChI is InChI=1S/C18H18ClN5O2S/c1-26-15-4-2-3-12(9-15)10-21-16(25)11-27-18-23-22-17(24(18)20)13-5-7-14(19)8-6-13/h2-9H,10-11,20H2,1H3,(H,21,25). The molecular formula is C18H18ClN5O2S. The monoisotopic (exact) mass is 403 g/mol. The maximum atomic E-state index is 12.1. The smallest absolute Gasteiger partial charge is 0.230 e. The van der Waals surface area contributed by atoms with Crippen LogP contribution in [0, 0.1) is 0 Å².